The third-order valence-corrected chi connectivity index (χ3v) is 3.50. The van der Waals surface area contributed by atoms with Crippen LogP contribution in [0.3, 0.4) is 0 Å². The van der Waals surface area contributed by atoms with Gasteiger partial charge in [-0.3, -0.25) is 4.79 Å². The van der Waals surface area contributed by atoms with Crippen LogP contribution in [0.15, 0.2) is 0 Å². The number of hydrogen-bond acceptors (Lipinski definition) is 2. The Hall–Kier alpha value is -0.570. The minimum Gasteiger partial charge on any atom is -0.340 e. The third-order valence-electron chi connectivity index (χ3n) is 3.50. The van der Waals surface area contributed by atoms with Crippen molar-refractivity contribution in [3.05, 3.63) is 0 Å². The largest absolute Gasteiger partial charge is 0.340 e. The van der Waals surface area contributed by atoms with Gasteiger partial charge in [0, 0.05) is 19.0 Å². The van der Waals surface area contributed by atoms with Gasteiger partial charge in [0.2, 0.25) is 5.91 Å². The smallest absolute Gasteiger partial charge is 0.223 e. The highest BCUT2D eigenvalue weighted by atomic mass is 16.2. The molecule has 2 aliphatic heterocycles. The van der Waals surface area contributed by atoms with Gasteiger partial charge < -0.3 is 10.2 Å². The molecular formula is C11H20N2O. The molecule has 14 heavy (non-hydrogen) atoms. The van der Waals surface area contributed by atoms with Crippen molar-refractivity contribution in [2.75, 3.05) is 19.6 Å². The Kier molecular flexibility index (Phi) is 3.06. The molecule has 0 bridgehead atoms. The van der Waals surface area contributed by atoms with Crippen molar-refractivity contribution < 1.29 is 4.79 Å². The molecule has 0 saturated carbocycles. The Morgan fingerprint density at radius 1 is 1.50 bits per heavy atom. The van der Waals surface area contributed by atoms with E-state index < -0.39 is 0 Å². The Labute approximate surface area is 85.8 Å². The molecule has 2 fully saturated rings. The Morgan fingerprint density at radius 3 is 2.93 bits per heavy atom. The van der Waals surface area contributed by atoms with E-state index in [9.17, 15) is 4.79 Å². The molecule has 2 heterocycles. The molecule has 2 aliphatic rings. The summed E-state index contributed by atoms with van der Waals surface area (Å²) in [5, 5.41) is 3.31. The van der Waals surface area contributed by atoms with E-state index in [1.165, 1.54) is 19.3 Å². The maximum absolute atomic E-state index is 11.9. The van der Waals surface area contributed by atoms with Crippen molar-refractivity contribution in [2.45, 2.75) is 38.6 Å². The molecule has 1 N–H and O–H groups in total. The molecule has 0 aromatic rings. The summed E-state index contributed by atoms with van der Waals surface area (Å²) in [6.07, 6.45) is 4.32. The molecule has 0 aromatic heterocycles. The standard InChI is InChI=1S/C11H20N2O/c1-9-3-2-6-13(9)11(14)7-10-4-5-12-8-10/h9-10,12H,2-8H2,1H3/t9?,10-/m0/s1. The molecular weight excluding hydrogens is 176 g/mol. The Bertz CT molecular complexity index is 211. The number of carbonyl (C=O) groups excluding carboxylic acids is 1. The predicted octanol–water partition coefficient (Wildman–Crippen LogP) is 0.997. The van der Waals surface area contributed by atoms with Crippen LogP contribution in [0.4, 0.5) is 0 Å². The van der Waals surface area contributed by atoms with Crippen molar-refractivity contribution in [1.82, 2.24) is 10.2 Å². The van der Waals surface area contributed by atoms with Crippen LogP contribution < -0.4 is 5.32 Å². The maximum Gasteiger partial charge on any atom is 0.223 e. The van der Waals surface area contributed by atoms with Crippen LogP contribution in [0.25, 0.3) is 0 Å². The topological polar surface area (TPSA) is 32.3 Å². The molecule has 2 rings (SSSR count). The summed E-state index contributed by atoms with van der Waals surface area (Å²) < 4.78 is 0. The van der Waals surface area contributed by atoms with Crippen LogP contribution in [0.5, 0.6) is 0 Å². The quantitative estimate of drug-likeness (QED) is 0.714. The van der Waals surface area contributed by atoms with E-state index in [1.807, 2.05) is 0 Å². The molecule has 0 spiro atoms. The Morgan fingerprint density at radius 2 is 2.36 bits per heavy atom. The highest BCUT2D eigenvalue weighted by molar-refractivity contribution is 5.77. The molecule has 1 amide bonds. The average Bonchev–Trinajstić information content (AvgIpc) is 2.75. The second-order valence-electron chi connectivity index (χ2n) is 4.64. The fourth-order valence-electron chi connectivity index (χ4n) is 2.56. The number of nitrogens with zero attached hydrogens (tertiary/aromatic N) is 1. The summed E-state index contributed by atoms with van der Waals surface area (Å²) >= 11 is 0. The summed E-state index contributed by atoms with van der Waals surface area (Å²) in [5.74, 6) is 0.971. The predicted molar refractivity (Wildman–Crippen MR) is 56.0 cm³/mol. The van der Waals surface area contributed by atoms with Gasteiger partial charge in [-0.1, -0.05) is 0 Å². The lowest BCUT2D eigenvalue weighted by Gasteiger charge is -2.22. The number of hydrogen-bond donors (Lipinski definition) is 1. The van der Waals surface area contributed by atoms with Crippen molar-refractivity contribution >= 4 is 5.91 Å². The van der Waals surface area contributed by atoms with Gasteiger partial charge in [-0.25, -0.2) is 0 Å². The highest BCUT2D eigenvalue weighted by Gasteiger charge is 2.27. The lowest BCUT2D eigenvalue weighted by molar-refractivity contribution is -0.132. The van der Waals surface area contributed by atoms with Gasteiger partial charge in [0.25, 0.3) is 0 Å². The lowest BCUT2D eigenvalue weighted by Crippen LogP contribution is -2.35. The van der Waals surface area contributed by atoms with Gasteiger partial charge in [0.1, 0.15) is 0 Å². The molecule has 1 unspecified atom stereocenters. The van der Waals surface area contributed by atoms with Gasteiger partial charge in [0.15, 0.2) is 0 Å². The highest BCUT2D eigenvalue weighted by Crippen LogP contribution is 2.20. The van der Waals surface area contributed by atoms with Crippen molar-refractivity contribution in [3.63, 3.8) is 0 Å². The summed E-state index contributed by atoms with van der Waals surface area (Å²) in [7, 11) is 0. The Balaban J connectivity index is 1.82. The van der Waals surface area contributed by atoms with E-state index in [2.05, 4.69) is 17.1 Å². The average molecular weight is 196 g/mol. The first-order valence-corrected chi connectivity index (χ1v) is 5.77. The number of likely N-dealkylation sites (tertiary alicyclic amines) is 1. The van der Waals surface area contributed by atoms with Gasteiger partial charge >= 0.3 is 0 Å². The van der Waals surface area contributed by atoms with Crippen LogP contribution in [0.1, 0.15) is 32.6 Å². The van der Waals surface area contributed by atoms with Crippen LogP contribution in [-0.4, -0.2) is 36.5 Å². The number of amides is 1. The normalized spacial score (nSPS) is 32.5. The van der Waals surface area contributed by atoms with Gasteiger partial charge in [0.05, 0.1) is 0 Å². The molecule has 80 valence electrons. The first-order valence-electron chi connectivity index (χ1n) is 5.77. The molecule has 0 radical (unpaired) electrons. The van der Waals surface area contributed by atoms with Crippen molar-refractivity contribution in [1.29, 1.82) is 0 Å². The zero-order valence-electron chi connectivity index (χ0n) is 8.96. The molecule has 0 aliphatic carbocycles. The van der Waals surface area contributed by atoms with Crippen LogP contribution in [-0.2, 0) is 4.79 Å². The molecule has 2 saturated heterocycles. The maximum atomic E-state index is 11.9. The summed E-state index contributed by atoms with van der Waals surface area (Å²) in [4.78, 5) is 14.0. The van der Waals surface area contributed by atoms with Gasteiger partial charge in [-0.15, -0.1) is 0 Å². The van der Waals surface area contributed by atoms with E-state index >= 15 is 0 Å². The van der Waals surface area contributed by atoms with Crippen molar-refractivity contribution in [3.8, 4) is 0 Å². The van der Waals surface area contributed by atoms with E-state index in [4.69, 9.17) is 0 Å². The van der Waals surface area contributed by atoms with Crippen molar-refractivity contribution in [2.24, 2.45) is 5.92 Å². The fourth-order valence-corrected chi connectivity index (χ4v) is 2.56. The third kappa shape index (κ3) is 2.08. The first kappa shape index (κ1) is 9.97. The van der Waals surface area contributed by atoms with E-state index in [1.54, 1.807) is 0 Å². The summed E-state index contributed by atoms with van der Waals surface area (Å²) in [5.41, 5.74) is 0. The molecule has 0 aromatic carbocycles. The monoisotopic (exact) mass is 196 g/mol. The molecule has 3 nitrogen and oxygen atoms in total. The minimum atomic E-state index is 0.378. The second-order valence-corrected chi connectivity index (χ2v) is 4.64. The first-order chi connectivity index (χ1) is 6.77. The summed E-state index contributed by atoms with van der Waals surface area (Å²) in [6.45, 7) is 5.28. The zero-order valence-corrected chi connectivity index (χ0v) is 8.96. The number of nitrogens with one attached hydrogen (secondary N) is 1. The summed E-state index contributed by atoms with van der Waals surface area (Å²) in [6, 6.07) is 0.483. The minimum absolute atomic E-state index is 0.378. The van der Waals surface area contributed by atoms with Gasteiger partial charge in [-0.2, -0.15) is 0 Å². The van der Waals surface area contributed by atoms with Crippen LogP contribution in [0.2, 0.25) is 0 Å². The lowest BCUT2D eigenvalue weighted by atomic mass is 10.0. The van der Waals surface area contributed by atoms with E-state index in [0.29, 0.717) is 17.9 Å². The SMILES string of the molecule is CC1CCCN1C(=O)C[C@@H]1CCNC1. The number of rotatable bonds is 2. The van der Waals surface area contributed by atoms with Gasteiger partial charge in [-0.05, 0) is 45.2 Å². The van der Waals surface area contributed by atoms with E-state index in [-0.39, 0.29) is 0 Å². The van der Waals surface area contributed by atoms with Crippen LogP contribution >= 0.6 is 0 Å². The fraction of sp³-hybridized carbons (Fsp3) is 0.909. The zero-order chi connectivity index (χ0) is 9.97. The van der Waals surface area contributed by atoms with Crippen LogP contribution in [0, 0.1) is 5.92 Å². The molecule has 2 atom stereocenters. The molecule has 3 heteroatoms. The van der Waals surface area contributed by atoms with E-state index in [0.717, 1.165) is 26.1 Å². The number of carbonyl (C=O) groups is 1. The second kappa shape index (κ2) is 4.30.